The normalized spacial score (nSPS) is 25.7. The third kappa shape index (κ3) is 8.15. The molecule has 1 aromatic rings. The predicted octanol–water partition coefficient (Wildman–Crippen LogP) is 2.50. The van der Waals surface area contributed by atoms with E-state index in [1.54, 1.807) is 6.92 Å². The van der Waals surface area contributed by atoms with Crippen molar-refractivity contribution in [2.45, 2.75) is 91.0 Å². The van der Waals surface area contributed by atoms with Gasteiger partial charge in [0.1, 0.15) is 24.2 Å². The lowest BCUT2D eigenvalue weighted by Gasteiger charge is -2.28. The van der Waals surface area contributed by atoms with E-state index >= 15 is 0 Å². The number of nitrogens with one attached hydrogen (secondary N) is 3. The maximum atomic E-state index is 13.1. The summed E-state index contributed by atoms with van der Waals surface area (Å²) in [7, 11) is 0. The van der Waals surface area contributed by atoms with E-state index in [0.717, 1.165) is 24.8 Å². The van der Waals surface area contributed by atoms with Gasteiger partial charge in [0.2, 0.25) is 17.7 Å². The summed E-state index contributed by atoms with van der Waals surface area (Å²) in [5.74, 6) is -2.15. The molecule has 188 valence electrons. The topological polar surface area (TPSA) is 114 Å². The molecule has 1 heterocycles. The number of ether oxygens (including phenoxy) is 1. The van der Waals surface area contributed by atoms with Crippen LogP contribution in [0.1, 0.15) is 65.9 Å². The fraction of sp³-hybridized carbons (Fsp3) is 0.615. The minimum Gasteiger partial charge on any atom is -0.460 e. The van der Waals surface area contributed by atoms with E-state index in [9.17, 15) is 19.2 Å². The molecule has 3 amide bonds. The minimum atomic E-state index is -0.892. The first-order valence-corrected chi connectivity index (χ1v) is 12.3. The second-order valence-electron chi connectivity index (χ2n) is 9.57. The summed E-state index contributed by atoms with van der Waals surface area (Å²) < 4.78 is 5.81. The molecule has 0 spiro atoms. The Balaban J connectivity index is 2.35. The standard InChI is InChI=1S/C26H39N3O5/c1-6-7-11-17(4)21-15-22(30)28-20(14-19-12-9-8-10-13-19)25(32)27-18(5)24(31)29-23(16(2)3)26(33)34-21/h8-10,12-13,16-18,20-21,23H,6-7,11,14-15H2,1-5H3,(H,27,32)(H,28,30)(H,29,31)/t17-,18-,20-,21+,23+/m0/s1. The van der Waals surface area contributed by atoms with Gasteiger partial charge in [-0.05, 0) is 30.7 Å². The monoisotopic (exact) mass is 473 g/mol. The van der Waals surface area contributed by atoms with E-state index in [-0.39, 0.29) is 30.6 Å². The second kappa shape index (κ2) is 13.1. The fourth-order valence-corrected chi connectivity index (χ4v) is 3.94. The number of carbonyl (C=O) groups excluding carboxylic acids is 4. The van der Waals surface area contributed by atoms with Crippen molar-refractivity contribution in [2.75, 3.05) is 0 Å². The SMILES string of the molecule is CCCC[C@H](C)[C@H]1CC(=O)N[C@@H](Cc2ccccc2)C(=O)N[C@@H](C)C(=O)N[C@H](C(C)C)C(=O)O1. The number of unbranched alkanes of at least 4 members (excludes halogenated alkanes) is 1. The van der Waals surface area contributed by atoms with Crippen molar-refractivity contribution in [1.29, 1.82) is 0 Å². The Morgan fingerprint density at radius 3 is 2.26 bits per heavy atom. The van der Waals surface area contributed by atoms with Gasteiger partial charge in [-0.15, -0.1) is 0 Å². The van der Waals surface area contributed by atoms with Gasteiger partial charge in [-0.25, -0.2) is 4.79 Å². The van der Waals surface area contributed by atoms with E-state index in [0.29, 0.717) is 0 Å². The Bertz CT molecular complexity index is 842. The molecule has 34 heavy (non-hydrogen) atoms. The quantitative estimate of drug-likeness (QED) is 0.527. The molecule has 0 saturated carbocycles. The smallest absolute Gasteiger partial charge is 0.329 e. The Morgan fingerprint density at radius 1 is 0.971 bits per heavy atom. The van der Waals surface area contributed by atoms with Gasteiger partial charge in [0.25, 0.3) is 0 Å². The Labute approximate surface area is 202 Å². The number of esters is 1. The first-order valence-electron chi connectivity index (χ1n) is 12.3. The number of hydrogen-bond donors (Lipinski definition) is 3. The number of cyclic esters (lactones) is 1. The highest BCUT2D eigenvalue weighted by Crippen LogP contribution is 2.20. The van der Waals surface area contributed by atoms with Gasteiger partial charge >= 0.3 is 5.97 Å². The lowest BCUT2D eigenvalue weighted by Crippen LogP contribution is -2.55. The van der Waals surface area contributed by atoms with Crippen LogP contribution >= 0.6 is 0 Å². The first-order chi connectivity index (χ1) is 16.1. The zero-order valence-electron chi connectivity index (χ0n) is 20.9. The van der Waals surface area contributed by atoms with Crippen molar-refractivity contribution in [3.05, 3.63) is 35.9 Å². The molecular weight excluding hydrogens is 434 g/mol. The lowest BCUT2D eigenvalue weighted by molar-refractivity contribution is -0.158. The summed E-state index contributed by atoms with van der Waals surface area (Å²) >= 11 is 0. The maximum Gasteiger partial charge on any atom is 0.329 e. The molecule has 8 heteroatoms. The van der Waals surface area contributed by atoms with Crippen molar-refractivity contribution in [2.24, 2.45) is 11.8 Å². The van der Waals surface area contributed by atoms with Crippen LogP contribution in [-0.2, 0) is 30.3 Å². The summed E-state index contributed by atoms with van der Waals surface area (Å²) in [6.07, 6.45) is 2.29. The lowest BCUT2D eigenvalue weighted by atomic mass is 9.94. The largest absolute Gasteiger partial charge is 0.460 e. The Morgan fingerprint density at radius 2 is 1.65 bits per heavy atom. The van der Waals surface area contributed by atoms with Gasteiger partial charge in [0.05, 0.1) is 6.42 Å². The van der Waals surface area contributed by atoms with Gasteiger partial charge in [-0.1, -0.05) is 70.9 Å². The van der Waals surface area contributed by atoms with E-state index < -0.39 is 42.0 Å². The van der Waals surface area contributed by atoms with Gasteiger partial charge in [0, 0.05) is 6.42 Å². The summed E-state index contributed by atoms with van der Waals surface area (Å²) in [5, 5.41) is 8.20. The van der Waals surface area contributed by atoms with Crippen LogP contribution in [0, 0.1) is 11.8 Å². The molecule has 0 aliphatic carbocycles. The zero-order chi connectivity index (χ0) is 25.3. The van der Waals surface area contributed by atoms with Crippen LogP contribution in [0.5, 0.6) is 0 Å². The number of amides is 3. The molecule has 1 fully saturated rings. The number of carbonyl (C=O) groups is 4. The predicted molar refractivity (Wildman–Crippen MR) is 130 cm³/mol. The van der Waals surface area contributed by atoms with Gasteiger partial charge < -0.3 is 20.7 Å². The molecule has 1 aliphatic rings. The summed E-state index contributed by atoms with van der Waals surface area (Å²) in [6.45, 7) is 9.20. The van der Waals surface area contributed by atoms with Crippen LogP contribution in [0.4, 0.5) is 0 Å². The summed E-state index contributed by atoms with van der Waals surface area (Å²) in [5.41, 5.74) is 0.878. The molecule has 1 aliphatic heterocycles. The van der Waals surface area contributed by atoms with Crippen LogP contribution in [0.15, 0.2) is 30.3 Å². The van der Waals surface area contributed by atoms with E-state index in [1.165, 1.54) is 0 Å². The number of rotatable bonds is 7. The van der Waals surface area contributed by atoms with Crippen LogP contribution in [0.25, 0.3) is 0 Å². The average Bonchev–Trinajstić information content (AvgIpc) is 2.79. The van der Waals surface area contributed by atoms with Gasteiger partial charge in [0.15, 0.2) is 0 Å². The van der Waals surface area contributed by atoms with Crippen molar-refractivity contribution in [3.63, 3.8) is 0 Å². The van der Waals surface area contributed by atoms with E-state index in [1.807, 2.05) is 51.1 Å². The van der Waals surface area contributed by atoms with Crippen molar-refractivity contribution < 1.29 is 23.9 Å². The van der Waals surface area contributed by atoms with Crippen LogP contribution in [-0.4, -0.2) is 47.9 Å². The van der Waals surface area contributed by atoms with Gasteiger partial charge in [-0.2, -0.15) is 0 Å². The second-order valence-corrected chi connectivity index (χ2v) is 9.57. The molecule has 1 saturated heterocycles. The molecule has 0 unspecified atom stereocenters. The molecular formula is C26H39N3O5. The van der Waals surface area contributed by atoms with Crippen molar-refractivity contribution in [1.82, 2.24) is 16.0 Å². The highest BCUT2D eigenvalue weighted by atomic mass is 16.5. The van der Waals surface area contributed by atoms with Crippen LogP contribution < -0.4 is 16.0 Å². The van der Waals surface area contributed by atoms with Crippen molar-refractivity contribution in [3.8, 4) is 0 Å². The highest BCUT2D eigenvalue weighted by molar-refractivity contribution is 5.94. The molecule has 1 aromatic carbocycles. The van der Waals surface area contributed by atoms with Gasteiger partial charge in [-0.3, -0.25) is 14.4 Å². The molecule has 2 rings (SSSR count). The Kier molecular flexibility index (Phi) is 10.5. The number of benzene rings is 1. The minimum absolute atomic E-state index is 0.0521. The van der Waals surface area contributed by atoms with Crippen LogP contribution in [0.2, 0.25) is 0 Å². The number of hydrogen-bond acceptors (Lipinski definition) is 5. The first kappa shape index (κ1) is 27.3. The van der Waals surface area contributed by atoms with Crippen molar-refractivity contribution >= 4 is 23.7 Å². The molecule has 3 N–H and O–H groups in total. The molecule has 0 aromatic heterocycles. The summed E-state index contributed by atoms with van der Waals surface area (Å²) in [6, 6.07) is 6.72. The average molecular weight is 474 g/mol. The van der Waals surface area contributed by atoms with Crippen LogP contribution in [0.3, 0.4) is 0 Å². The molecule has 5 atom stereocenters. The maximum absolute atomic E-state index is 13.1. The third-order valence-electron chi connectivity index (χ3n) is 6.21. The van der Waals surface area contributed by atoms with E-state index in [2.05, 4.69) is 22.9 Å². The fourth-order valence-electron chi connectivity index (χ4n) is 3.94. The Hall–Kier alpha value is -2.90. The van der Waals surface area contributed by atoms with E-state index in [4.69, 9.17) is 4.74 Å². The highest BCUT2D eigenvalue weighted by Gasteiger charge is 2.34. The summed E-state index contributed by atoms with van der Waals surface area (Å²) in [4.78, 5) is 51.9. The molecule has 0 radical (unpaired) electrons. The molecule has 8 nitrogen and oxygen atoms in total. The zero-order valence-corrected chi connectivity index (χ0v) is 20.9. The molecule has 0 bridgehead atoms. The third-order valence-corrected chi connectivity index (χ3v) is 6.21.